The molecule has 148 valence electrons. The number of aromatic nitrogens is 2. The first-order valence-corrected chi connectivity index (χ1v) is 10.6. The molecule has 29 heavy (non-hydrogen) atoms. The third kappa shape index (κ3) is 3.28. The zero-order chi connectivity index (χ0) is 20.0. The molecule has 0 radical (unpaired) electrons. The summed E-state index contributed by atoms with van der Waals surface area (Å²) >= 11 is 0. The van der Waals surface area contributed by atoms with Crippen LogP contribution in [0.2, 0.25) is 0 Å². The maximum absolute atomic E-state index is 6.14. The molecule has 1 saturated heterocycles. The highest BCUT2D eigenvalue weighted by Crippen LogP contribution is 2.32. The molecule has 0 spiro atoms. The number of nitrogen functional groups attached to an aromatic ring is 1. The summed E-state index contributed by atoms with van der Waals surface area (Å²) in [4.78, 5) is 7.65. The van der Waals surface area contributed by atoms with Crippen molar-refractivity contribution in [2.75, 3.05) is 5.73 Å². The monoisotopic (exact) mass is 384 g/mol. The van der Waals surface area contributed by atoms with Crippen molar-refractivity contribution in [2.24, 2.45) is 0 Å². The molecule has 2 aromatic carbocycles. The third-order valence-electron chi connectivity index (χ3n) is 6.47. The molecular weight excluding hydrogens is 356 g/mol. The summed E-state index contributed by atoms with van der Waals surface area (Å²) in [6, 6.07) is 20.3. The minimum Gasteiger partial charge on any atom is -0.398 e. The van der Waals surface area contributed by atoms with Gasteiger partial charge in [0.25, 0.3) is 0 Å². The van der Waals surface area contributed by atoms with E-state index < -0.39 is 0 Å². The van der Waals surface area contributed by atoms with E-state index in [2.05, 4.69) is 65.6 Å². The van der Waals surface area contributed by atoms with E-state index in [0.717, 1.165) is 23.6 Å². The minimum atomic E-state index is 0.579. The predicted octanol–water partition coefficient (Wildman–Crippen LogP) is 5.50. The molecular formula is C25H28N4. The quantitative estimate of drug-likeness (QED) is 0.507. The number of imidazole rings is 1. The summed E-state index contributed by atoms with van der Waals surface area (Å²) in [5.74, 6) is 0. The van der Waals surface area contributed by atoms with Crippen LogP contribution in [-0.4, -0.2) is 26.4 Å². The average molecular weight is 385 g/mol. The van der Waals surface area contributed by atoms with Crippen molar-refractivity contribution < 1.29 is 0 Å². The Morgan fingerprint density at radius 2 is 1.72 bits per heavy atom. The van der Waals surface area contributed by atoms with E-state index in [1.807, 2.05) is 18.3 Å². The Hall–Kier alpha value is -2.85. The molecule has 2 atom stereocenters. The number of nitrogens with two attached hydrogens (primary N) is 1. The number of pyridine rings is 1. The Balaban J connectivity index is 1.67. The first-order valence-electron chi connectivity index (χ1n) is 10.6. The smallest absolute Gasteiger partial charge is 0.137 e. The molecule has 1 fully saturated rings. The van der Waals surface area contributed by atoms with Crippen molar-refractivity contribution in [3.05, 3.63) is 66.5 Å². The first kappa shape index (κ1) is 18.2. The lowest BCUT2D eigenvalue weighted by Gasteiger charge is -2.39. The van der Waals surface area contributed by atoms with E-state index in [9.17, 15) is 0 Å². The lowest BCUT2D eigenvalue weighted by atomic mass is 9.96. The van der Waals surface area contributed by atoms with Gasteiger partial charge < -0.3 is 10.1 Å². The van der Waals surface area contributed by atoms with Crippen LogP contribution in [0.15, 0.2) is 60.8 Å². The fraction of sp³-hybridized carbons (Fsp3) is 0.320. The van der Waals surface area contributed by atoms with Gasteiger partial charge in [0.2, 0.25) is 0 Å². The SMILES string of the molecule is CC1CCCC(C)N1Cc1c(-c2ccc3ccccc3c2)nc2ccc(N)cn12. The van der Waals surface area contributed by atoms with Crippen molar-refractivity contribution in [1.29, 1.82) is 0 Å². The minimum absolute atomic E-state index is 0.579. The van der Waals surface area contributed by atoms with Crippen LogP contribution in [0.4, 0.5) is 5.69 Å². The van der Waals surface area contributed by atoms with Crippen LogP contribution in [0.5, 0.6) is 0 Å². The molecule has 0 aliphatic carbocycles. The highest BCUT2D eigenvalue weighted by Gasteiger charge is 2.27. The first-order chi connectivity index (χ1) is 14.1. The van der Waals surface area contributed by atoms with Crippen molar-refractivity contribution in [3.8, 4) is 11.3 Å². The van der Waals surface area contributed by atoms with Gasteiger partial charge in [-0.3, -0.25) is 4.90 Å². The molecule has 2 aromatic heterocycles. The average Bonchev–Trinajstić information content (AvgIpc) is 3.08. The molecule has 0 bridgehead atoms. The number of likely N-dealkylation sites (tertiary alicyclic amines) is 1. The molecule has 1 aliphatic rings. The molecule has 5 rings (SSSR count). The van der Waals surface area contributed by atoms with Gasteiger partial charge in [-0.15, -0.1) is 0 Å². The molecule has 2 N–H and O–H groups in total. The van der Waals surface area contributed by atoms with E-state index in [1.165, 1.54) is 41.3 Å². The molecule has 1 aliphatic heterocycles. The van der Waals surface area contributed by atoms with Gasteiger partial charge in [0, 0.05) is 36.1 Å². The topological polar surface area (TPSA) is 46.6 Å². The van der Waals surface area contributed by atoms with Gasteiger partial charge in [0.15, 0.2) is 0 Å². The number of benzene rings is 2. The van der Waals surface area contributed by atoms with Crippen molar-refractivity contribution in [1.82, 2.24) is 14.3 Å². The zero-order valence-corrected chi connectivity index (χ0v) is 17.2. The van der Waals surface area contributed by atoms with Crippen LogP contribution < -0.4 is 5.73 Å². The molecule has 0 amide bonds. The molecule has 0 saturated carbocycles. The highest BCUT2D eigenvalue weighted by atomic mass is 15.2. The lowest BCUT2D eigenvalue weighted by Crippen LogP contribution is -2.43. The standard InChI is InChI=1S/C25H28N4/c1-17-6-5-7-18(2)28(17)16-23-25(27-24-13-12-22(26)15-29(23)24)21-11-10-19-8-3-4-9-20(19)14-21/h3-4,8-15,17-18H,5-7,16,26H2,1-2H3. The van der Waals surface area contributed by atoms with E-state index in [4.69, 9.17) is 10.7 Å². The summed E-state index contributed by atoms with van der Waals surface area (Å²) in [5.41, 5.74) is 11.3. The Labute approximate surface area is 172 Å². The number of rotatable bonds is 3. The summed E-state index contributed by atoms with van der Waals surface area (Å²) < 4.78 is 2.19. The molecule has 4 nitrogen and oxygen atoms in total. The van der Waals surface area contributed by atoms with Gasteiger partial charge in [-0.1, -0.05) is 42.8 Å². The number of hydrogen-bond acceptors (Lipinski definition) is 3. The van der Waals surface area contributed by atoms with Crippen molar-refractivity contribution in [3.63, 3.8) is 0 Å². The second-order valence-electron chi connectivity index (χ2n) is 8.46. The predicted molar refractivity (Wildman–Crippen MR) is 121 cm³/mol. The van der Waals surface area contributed by atoms with Gasteiger partial charge in [0.1, 0.15) is 5.65 Å². The van der Waals surface area contributed by atoms with Crippen LogP contribution in [0, 0.1) is 0 Å². The fourth-order valence-corrected chi connectivity index (χ4v) is 4.79. The van der Waals surface area contributed by atoms with E-state index in [1.54, 1.807) is 0 Å². The molecule has 3 heterocycles. The Bertz CT molecular complexity index is 1170. The molecule has 4 aromatic rings. The third-order valence-corrected chi connectivity index (χ3v) is 6.47. The van der Waals surface area contributed by atoms with E-state index in [-0.39, 0.29) is 0 Å². The second kappa shape index (κ2) is 7.20. The molecule has 4 heteroatoms. The van der Waals surface area contributed by atoms with Gasteiger partial charge in [-0.2, -0.15) is 0 Å². The normalized spacial score (nSPS) is 20.5. The van der Waals surface area contributed by atoms with Gasteiger partial charge >= 0.3 is 0 Å². The number of hydrogen-bond donors (Lipinski definition) is 1. The van der Waals surface area contributed by atoms with E-state index >= 15 is 0 Å². The van der Waals surface area contributed by atoms with E-state index in [0.29, 0.717) is 12.1 Å². The Morgan fingerprint density at radius 3 is 2.52 bits per heavy atom. The summed E-state index contributed by atoms with van der Waals surface area (Å²) in [6.07, 6.45) is 5.85. The fourth-order valence-electron chi connectivity index (χ4n) is 4.79. The van der Waals surface area contributed by atoms with Gasteiger partial charge in [0.05, 0.1) is 11.4 Å². The lowest BCUT2D eigenvalue weighted by molar-refractivity contribution is 0.0937. The van der Waals surface area contributed by atoms with Gasteiger partial charge in [-0.05, 0) is 55.7 Å². The van der Waals surface area contributed by atoms with Crippen molar-refractivity contribution >= 4 is 22.1 Å². The maximum Gasteiger partial charge on any atom is 0.137 e. The Morgan fingerprint density at radius 1 is 0.966 bits per heavy atom. The van der Waals surface area contributed by atoms with Crippen LogP contribution in [0.25, 0.3) is 27.7 Å². The van der Waals surface area contributed by atoms with Gasteiger partial charge in [-0.25, -0.2) is 4.98 Å². The number of nitrogens with zero attached hydrogens (tertiary/aromatic N) is 3. The van der Waals surface area contributed by atoms with Crippen LogP contribution in [0.3, 0.4) is 0 Å². The summed E-state index contributed by atoms with van der Waals surface area (Å²) in [7, 11) is 0. The largest absolute Gasteiger partial charge is 0.398 e. The zero-order valence-electron chi connectivity index (χ0n) is 17.2. The highest BCUT2D eigenvalue weighted by molar-refractivity contribution is 5.87. The summed E-state index contributed by atoms with van der Waals surface area (Å²) in [5, 5.41) is 2.50. The Kier molecular flexibility index (Phi) is 4.51. The van der Waals surface area contributed by atoms with Crippen LogP contribution in [-0.2, 0) is 6.54 Å². The second-order valence-corrected chi connectivity index (χ2v) is 8.46. The number of anilines is 1. The maximum atomic E-state index is 6.14. The molecule has 2 unspecified atom stereocenters. The number of fused-ring (bicyclic) bond motifs is 2. The number of piperidine rings is 1. The van der Waals surface area contributed by atoms with Crippen molar-refractivity contribution in [2.45, 2.75) is 51.7 Å². The van der Waals surface area contributed by atoms with Crippen LogP contribution >= 0.6 is 0 Å². The summed E-state index contributed by atoms with van der Waals surface area (Å²) in [6.45, 7) is 5.58. The van der Waals surface area contributed by atoms with Crippen LogP contribution in [0.1, 0.15) is 38.8 Å².